The third-order valence-corrected chi connectivity index (χ3v) is 4.11. The van der Waals surface area contributed by atoms with Gasteiger partial charge in [0.1, 0.15) is 6.07 Å². The van der Waals surface area contributed by atoms with E-state index in [0.717, 1.165) is 25.3 Å². The molecule has 1 atom stereocenters. The van der Waals surface area contributed by atoms with Crippen molar-refractivity contribution in [1.29, 1.82) is 5.26 Å². The van der Waals surface area contributed by atoms with Gasteiger partial charge in [-0.1, -0.05) is 11.6 Å². The highest BCUT2D eigenvalue weighted by Crippen LogP contribution is 2.21. The number of esters is 2. The minimum Gasteiger partial charge on any atom is -0.465 e. The lowest BCUT2D eigenvalue weighted by Crippen LogP contribution is -2.30. The Bertz CT molecular complexity index is 1080. The van der Waals surface area contributed by atoms with E-state index in [-0.39, 0.29) is 27.4 Å². The van der Waals surface area contributed by atoms with E-state index in [0.29, 0.717) is 0 Å². The molecule has 154 valence electrons. The van der Waals surface area contributed by atoms with Crippen molar-refractivity contribution in [2.45, 2.75) is 13.0 Å². The van der Waals surface area contributed by atoms with Gasteiger partial charge >= 0.3 is 11.9 Å². The average Bonchev–Trinajstić information content (AvgIpc) is 2.72. The van der Waals surface area contributed by atoms with Crippen molar-refractivity contribution in [1.82, 2.24) is 0 Å². The number of nitrogens with one attached hydrogen (secondary N) is 1. The fourth-order valence-corrected chi connectivity index (χ4v) is 2.50. The SMILES string of the molecule is COC(=O)c1cc(C(=O)OC(C)C(=O)Nc2ccc(C#N)c(Cl)c2)cc([N+](=O)[O-])c1. The molecule has 2 aromatic rings. The molecule has 0 aliphatic carbocycles. The highest BCUT2D eigenvalue weighted by Gasteiger charge is 2.23. The van der Waals surface area contributed by atoms with Crippen LogP contribution < -0.4 is 5.32 Å². The molecule has 1 unspecified atom stereocenters. The summed E-state index contributed by atoms with van der Waals surface area (Å²) in [7, 11) is 1.08. The number of benzene rings is 2. The molecule has 2 aromatic carbocycles. The van der Waals surface area contributed by atoms with Gasteiger partial charge in [-0.25, -0.2) is 9.59 Å². The standard InChI is InChI=1S/C19H14ClN3O7/c1-10(17(24)22-14-4-3-11(9-21)16(20)8-14)30-19(26)13-5-12(18(25)29-2)6-15(7-13)23(27)28/h3-8,10H,1-2H3,(H,22,24). The second kappa shape index (κ2) is 9.49. The lowest BCUT2D eigenvalue weighted by Gasteiger charge is -2.14. The second-order valence-corrected chi connectivity index (χ2v) is 6.27. The van der Waals surface area contributed by atoms with E-state index < -0.39 is 34.6 Å². The van der Waals surface area contributed by atoms with Gasteiger partial charge in [0.25, 0.3) is 11.6 Å². The molecule has 30 heavy (non-hydrogen) atoms. The molecule has 0 aromatic heterocycles. The van der Waals surface area contributed by atoms with E-state index in [1.54, 1.807) is 0 Å². The normalized spacial score (nSPS) is 11.0. The van der Waals surface area contributed by atoms with Crippen LogP contribution in [0.5, 0.6) is 0 Å². The first kappa shape index (κ1) is 22.3. The largest absolute Gasteiger partial charge is 0.465 e. The fraction of sp³-hybridized carbons (Fsp3) is 0.158. The summed E-state index contributed by atoms with van der Waals surface area (Å²) in [5.74, 6) is -2.64. The van der Waals surface area contributed by atoms with Gasteiger partial charge in [0.2, 0.25) is 0 Å². The number of non-ortho nitro benzene ring substituents is 1. The molecule has 10 nitrogen and oxygen atoms in total. The number of nitro groups is 1. The third-order valence-electron chi connectivity index (χ3n) is 3.80. The number of nitrogens with zero attached hydrogens (tertiary/aromatic N) is 2. The van der Waals surface area contributed by atoms with Crippen LogP contribution in [-0.4, -0.2) is 36.0 Å². The third kappa shape index (κ3) is 5.30. The van der Waals surface area contributed by atoms with Crippen LogP contribution in [-0.2, 0) is 14.3 Å². The minimum absolute atomic E-state index is 0.131. The molecule has 2 rings (SSSR count). The molecule has 0 spiro atoms. The first-order chi connectivity index (χ1) is 14.2. The Morgan fingerprint density at radius 2 is 1.80 bits per heavy atom. The molecule has 0 saturated carbocycles. The van der Waals surface area contributed by atoms with E-state index in [2.05, 4.69) is 10.1 Å². The Labute approximate surface area is 175 Å². The summed E-state index contributed by atoms with van der Waals surface area (Å²) in [5, 5.41) is 22.5. The Morgan fingerprint density at radius 3 is 2.33 bits per heavy atom. The van der Waals surface area contributed by atoms with Gasteiger partial charge in [-0.15, -0.1) is 0 Å². The number of amides is 1. The number of hydrogen-bond donors (Lipinski definition) is 1. The maximum Gasteiger partial charge on any atom is 0.339 e. The Kier molecular flexibility index (Phi) is 7.06. The van der Waals surface area contributed by atoms with Crippen LogP contribution in [0.4, 0.5) is 11.4 Å². The lowest BCUT2D eigenvalue weighted by atomic mass is 10.1. The van der Waals surface area contributed by atoms with E-state index in [1.807, 2.05) is 6.07 Å². The first-order valence-electron chi connectivity index (χ1n) is 8.25. The zero-order valence-corrected chi connectivity index (χ0v) is 16.4. The summed E-state index contributed by atoms with van der Waals surface area (Å²) >= 11 is 5.90. The van der Waals surface area contributed by atoms with Gasteiger partial charge in [-0.3, -0.25) is 14.9 Å². The summed E-state index contributed by atoms with van der Waals surface area (Å²) in [6.07, 6.45) is -1.28. The predicted molar refractivity (Wildman–Crippen MR) is 104 cm³/mol. The lowest BCUT2D eigenvalue weighted by molar-refractivity contribution is -0.384. The molecule has 0 saturated heterocycles. The van der Waals surface area contributed by atoms with E-state index in [9.17, 15) is 24.5 Å². The van der Waals surface area contributed by atoms with Crippen molar-refractivity contribution in [3.63, 3.8) is 0 Å². The molecule has 0 heterocycles. The zero-order chi connectivity index (χ0) is 22.4. The molecule has 0 radical (unpaired) electrons. The van der Waals surface area contributed by atoms with Crippen molar-refractivity contribution < 1.29 is 28.8 Å². The molecule has 0 fully saturated rings. The van der Waals surface area contributed by atoms with Crippen LogP contribution in [0, 0.1) is 21.4 Å². The number of hydrogen-bond acceptors (Lipinski definition) is 8. The molecule has 1 N–H and O–H groups in total. The maximum absolute atomic E-state index is 12.4. The zero-order valence-electron chi connectivity index (χ0n) is 15.7. The average molecular weight is 432 g/mol. The molecule has 11 heteroatoms. The predicted octanol–water partition coefficient (Wildman–Crippen LogP) is 3.09. The number of anilines is 1. The molecule has 0 aliphatic rings. The number of nitro benzene ring substituents is 1. The topological polar surface area (TPSA) is 149 Å². The van der Waals surface area contributed by atoms with Crippen molar-refractivity contribution in [2.24, 2.45) is 0 Å². The van der Waals surface area contributed by atoms with Crippen LogP contribution in [0.2, 0.25) is 5.02 Å². The summed E-state index contributed by atoms with van der Waals surface area (Å²) in [4.78, 5) is 46.6. The number of halogens is 1. The minimum atomic E-state index is -1.28. The van der Waals surface area contributed by atoms with Crippen LogP contribution >= 0.6 is 11.6 Å². The maximum atomic E-state index is 12.4. The Balaban J connectivity index is 2.16. The van der Waals surface area contributed by atoms with Crippen LogP contribution in [0.1, 0.15) is 33.2 Å². The summed E-state index contributed by atoms with van der Waals surface area (Å²) in [6, 6.07) is 9.02. The van der Waals surface area contributed by atoms with Crippen molar-refractivity contribution in [3.8, 4) is 6.07 Å². The Morgan fingerprint density at radius 1 is 1.17 bits per heavy atom. The number of rotatable bonds is 6. The van der Waals surface area contributed by atoms with Crippen LogP contribution in [0.25, 0.3) is 0 Å². The number of nitriles is 1. The molecule has 0 aliphatic heterocycles. The quantitative estimate of drug-likeness (QED) is 0.416. The van der Waals surface area contributed by atoms with Crippen molar-refractivity contribution >= 4 is 40.8 Å². The fourth-order valence-electron chi connectivity index (χ4n) is 2.28. The van der Waals surface area contributed by atoms with Gasteiger partial charge in [0.05, 0.1) is 33.7 Å². The smallest absolute Gasteiger partial charge is 0.339 e. The monoisotopic (exact) mass is 431 g/mol. The molecular weight excluding hydrogens is 418 g/mol. The number of carbonyl (C=O) groups excluding carboxylic acids is 3. The highest BCUT2D eigenvalue weighted by atomic mass is 35.5. The van der Waals surface area contributed by atoms with E-state index >= 15 is 0 Å². The number of ether oxygens (including phenoxy) is 2. The molecular formula is C19H14ClN3O7. The summed E-state index contributed by atoms with van der Waals surface area (Å²) < 4.78 is 9.55. The Hall–Kier alpha value is -3.97. The number of methoxy groups -OCH3 is 1. The van der Waals surface area contributed by atoms with Gasteiger partial charge in [0, 0.05) is 17.8 Å². The summed E-state index contributed by atoms with van der Waals surface area (Å²) in [6.45, 7) is 1.29. The van der Waals surface area contributed by atoms with Crippen LogP contribution in [0.15, 0.2) is 36.4 Å². The van der Waals surface area contributed by atoms with Crippen LogP contribution in [0.3, 0.4) is 0 Å². The highest BCUT2D eigenvalue weighted by molar-refractivity contribution is 6.32. The van der Waals surface area contributed by atoms with Gasteiger partial charge in [-0.05, 0) is 31.2 Å². The van der Waals surface area contributed by atoms with Crippen molar-refractivity contribution in [3.05, 3.63) is 68.2 Å². The number of carbonyl (C=O) groups is 3. The van der Waals surface area contributed by atoms with Gasteiger partial charge in [0.15, 0.2) is 6.10 Å². The van der Waals surface area contributed by atoms with E-state index in [4.69, 9.17) is 21.6 Å². The van der Waals surface area contributed by atoms with E-state index in [1.165, 1.54) is 25.1 Å². The van der Waals surface area contributed by atoms with Gasteiger partial charge < -0.3 is 14.8 Å². The summed E-state index contributed by atoms with van der Waals surface area (Å²) in [5.41, 5.74) is -0.542. The first-order valence-corrected chi connectivity index (χ1v) is 8.63. The molecule has 0 bridgehead atoms. The second-order valence-electron chi connectivity index (χ2n) is 5.86. The van der Waals surface area contributed by atoms with Crippen molar-refractivity contribution in [2.75, 3.05) is 12.4 Å². The molecule has 1 amide bonds. The van der Waals surface area contributed by atoms with Gasteiger partial charge in [-0.2, -0.15) is 5.26 Å².